The second-order valence-electron chi connectivity index (χ2n) is 4.26. The third-order valence-electron chi connectivity index (χ3n) is 2.87. The van der Waals surface area contributed by atoms with Gasteiger partial charge in [-0.25, -0.2) is 4.98 Å². The first-order valence-corrected chi connectivity index (χ1v) is 7.18. The van der Waals surface area contributed by atoms with Gasteiger partial charge in [-0.3, -0.25) is 4.79 Å². The third-order valence-corrected chi connectivity index (χ3v) is 4.14. The minimum Gasteiger partial charge on any atom is -0.327 e. The monoisotopic (exact) mass is 262 g/mol. The van der Waals surface area contributed by atoms with E-state index in [2.05, 4.69) is 18.8 Å². The number of hydrogen-bond acceptors (Lipinski definition) is 3. The number of Topliss-reactive ketones (excluding diaryl/α,β-unsaturated/α-hetero) is 1. The Labute approximate surface area is 111 Å². The maximum Gasteiger partial charge on any atom is 0.192 e. The van der Waals surface area contributed by atoms with E-state index in [9.17, 15) is 4.79 Å². The van der Waals surface area contributed by atoms with Crippen LogP contribution in [0.2, 0.25) is 0 Å². The van der Waals surface area contributed by atoms with Gasteiger partial charge in [0.2, 0.25) is 0 Å². The number of hydrogen-bond donors (Lipinski definition) is 0. The molecule has 3 nitrogen and oxygen atoms in total. The largest absolute Gasteiger partial charge is 0.327 e. The summed E-state index contributed by atoms with van der Waals surface area (Å²) >= 11 is 1.60. The summed E-state index contributed by atoms with van der Waals surface area (Å²) in [6, 6.07) is 3.97. The van der Waals surface area contributed by atoms with Crippen LogP contribution >= 0.6 is 11.3 Å². The molecule has 0 aliphatic rings. The molecule has 0 aliphatic heterocycles. The van der Waals surface area contributed by atoms with Crippen LogP contribution in [0.4, 0.5) is 0 Å². The number of carbonyl (C=O) groups excluding carboxylic acids is 1. The van der Waals surface area contributed by atoms with E-state index in [1.165, 1.54) is 4.88 Å². The average molecular weight is 262 g/mol. The lowest BCUT2D eigenvalue weighted by Crippen LogP contribution is -2.11. The first-order chi connectivity index (χ1) is 8.74. The highest BCUT2D eigenvalue weighted by molar-refractivity contribution is 7.14. The molecule has 96 valence electrons. The van der Waals surface area contributed by atoms with Crippen molar-refractivity contribution < 1.29 is 4.79 Å². The molecule has 0 fully saturated rings. The van der Waals surface area contributed by atoms with Gasteiger partial charge in [-0.1, -0.05) is 13.8 Å². The molecule has 2 aromatic heterocycles. The molecule has 18 heavy (non-hydrogen) atoms. The molecule has 0 N–H and O–H groups in total. The van der Waals surface area contributed by atoms with Crippen LogP contribution in [-0.2, 0) is 19.4 Å². The highest BCUT2D eigenvalue weighted by Crippen LogP contribution is 2.18. The van der Waals surface area contributed by atoms with Crippen molar-refractivity contribution in [3.63, 3.8) is 0 Å². The Morgan fingerprint density at radius 3 is 2.89 bits per heavy atom. The highest BCUT2D eigenvalue weighted by atomic mass is 32.1. The molecular formula is C14H18N2OS. The van der Waals surface area contributed by atoms with Crippen molar-refractivity contribution in [1.29, 1.82) is 0 Å². The summed E-state index contributed by atoms with van der Waals surface area (Å²) in [7, 11) is 0. The summed E-state index contributed by atoms with van der Waals surface area (Å²) in [5.41, 5.74) is 0. The lowest BCUT2D eigenvalue weighted by Gasteiger charge is -2.05. The normalized spacial score (nSPS) is 10.8. The fourth-order valence-corrected chi connectivity index (χ4v) is 2.76. The third kappa shape index (κ3) is 2.88. The molecule has 0 saturated carbocycles. The summed E-state index contributed by atoms with van der Waals surface area (Å²) in [5, 5.41) is 0. The minimum atomic E-state index is 0.176. The Kier molecular flexibility index (Phi) is 4.31. The van der Waals surface area contributed by atoms with Crippen molar-refractivity contribution in [2.45, 2.75) is 39.7 Å². The number of carbonyl (C=O) groups is 1. The lowest BCUT2D eigenvalue weighted by atomic mass is 10.3. The molecular weight excluding hydrogens is 244 g/mol. The van der Waals surface area contributed by atoms with Crippen molar-refractivity contribution in [2.75, 3.05) is 0 Å². The predicted molar refractivity (Wildman–Crippen MR) is 74.2 cm³/mol. The van der Waals surface area contributed by atoms with Crippen molar-refractivity contribution in [1.82, 2.24) is 9.55 Å². The molecule has 0 saturated heterocycles. The van der Waals surface area contributed by atoms with E-state index in [-0.39, 0.29) is 5.78 Å². The molecule has 0 spiro atoms. The molecule has 4 heteroatoms. The van der Waals surface area contributed by atoms with Crippen LogP contribution in [0.5, 0.6) is 0 Å². The maximum atomic E-state index is 12.2. The van der Waals surface area contributed by atoms with E-state index in [1.54, 1.807) is 17.5 Å². The van der Waals surface area contributed by atoms with E-state index in [0.29, 0.717) is 6.54 Å². The number of ketones is 1. The summed E-state index contributed by atoms with van der Waals surface area (Å²) < 4.78 is 1.96. The Hall–Kier alpha value is -1.42. The summed E-state index contributed by atoms with van der Waals surface area (Å²) in [5.74, 6) is 1.17. The van der Waals surface area contributed by atoms with Gasteiger partial charge in [0, 0.05) is 23.7 Å². The van der Waals surface area contributed by atoms with Gasteiger partial charge in [-0.05, 0) is 25.0 Å². The van der Waals surface area contributed by atoms with Crippen LogP contribution in [-0.4, -0.2) is 15.3 Å². The Bertz CT molecular complexity index is 527. The molecule has 0 radical (unpaired) electrons. The van der Waals surface area contributed by atoms with Gasteiger partial charge in [-0.15, -0.1) is 11.3 Å². The summed E-state index contributed by atoms with van der Waals surface area (Å²) in [6.07, 6.45) is 6.61. The Balaban J connectivity index is 2.08. The standard InChI is InChI=1S/C14H18N2OS/c1-3-5-14-15-8-9-16(14)10-12(17)13-7-6-11(4-2)18-13/h6-9H,3-5,10H2,1-2H3. The number of nitrogens with zero attached hydrogens (tertiary/aromatic N) is 2. The fourth-order valence-electron chi connectivity index (χ4n) is 1.89. The molecule has 2 aromatic rings. The van der Waals surface area contributed by atoms with Gasteiger partial charge in [-0.2, -0.15) is 0 Å². The van der Waals surface area contributed by atoms with E-state index in [1.807, 2.05) is 22.9 Å². The molecule has 0 unspecified atom stereocenters. The molecule has 2 heterocycles. The molecule has 2 rings (SSSR count). The highest BCUT2D eigenvalue weighted by Gasteiger charge is 2.11. The van der Waals surface area contributed by atoms with E-state index >= 15 is 0 Å². The number of imidazole rings is 1. The predicted octanol–water partition coefficient (Wildman–Crippen LogP) is 3.34. The van der Waals surface area contributed by atoms with E-state index in [0.717, 1.165) is 30.0 Å². The molecule has 0 bridgehead atoms. The van der Waals surface area contributed by atoms with Gasteiger partial charge < -0.3 is 4.57 Å². The van der Waals surface area contributed by atoms with Crippen LogP contribution in [0.1, 0.15) is 40.6 Å². The van der Waals surface area contributed by atoms with Crippen LogP contribution in [0.15, 0.2) is 24.5 Å². The van der Waals surface area contributed by atoms with Gasteiger partial charge in [0.1, 0.15) is 5.82 Å². The van der Waals surface area contributed by atoms with Crippen LogP contribution in [0, 0.1) is 0 Å². The van der Waals surface area contributed by atoms with Gasteiger partial charge in [0.05, 0.1) is 11.4 Å². The average Bonchev–Trinajstić information content (AvgIpc) is 2.99. The van der Waals surface area contributed by atoms with Gasteiger partial charge >= 0.3 is 0 Å². The maximum absolute atomic E-state index is 12.2. The molecule has 0 aliphatic carbocycles. The fraction of sp³-hybridized carbons (Fsp3) is 0.429. The zero-order valence-corrected chi connectivity index (χ0v) is 11.7. The summed E-state index contributed by atoms with van der Waals surface area (Å²) in [6.45, 7) is 4.63. The molecule has 0 atom stereocenters. The lowest BCUT2D eigenvalue weighted by molar-refractivity contribution is 0.0975. The Morgan fingerprint density at radius 1 is 1.39 bits per heavy atom. The van der Waals surface area contributed by atoms with Gasteiger partial charge in [0.25, 0.3) is 0 Å². The van der Waals surface area contributed by atoms with Crippen molar-refractivity contribution >= 4 is 17.1 Å². The van der Waals surface area contributed by atoms with Crippen LogP contribution in [0.25, 0.3) is 0 Å². The van der Waals surface area contributed by atoms with E-state index in [4.69, 9.17) is 0 Å². The number of aromatic nitrogens is 2. The second kappa shape index (κ2) is 5.96. The quantitative estimate of drug-likeness (QED) is 0.748. The van der Waals surface area contributed by atoms with Crippen molar-refractivity contribution in [3.8, 4) is 0 Å². The van der Waals surface area contributed by atoms with Crippen LogP contribution < -0.4 is 0 Å². The number of rotatable bonds is 6. The number of thiophene rings is 1. The van der Waals surface area contributed by atoms with E-state index < -0.39 is 0 Å². The second-order valence-corrected chi connectivity index (χ2v) is 5.43. The first-order valence-electron chi connectivity index (χ1n) is 6.36. The number of aryl methyl sites for hydroxylation is 2. The zero-order valence-electron chi connectivity index (χ0n) is 10.8. The van der Waals surface area contributed by atoms with Crippen LogP contribution in [0.3, 0.4) is 0 Å². The van der Waals surface area contributed by atoms with Crippen molar-refractivity contribution in [2.24, 2.45) is 0 Å². The molecule has 0 amide bonds. The zero-order chi connectivity index (χ0) is 13.0. The molecule has 0 aromatic carbocycles. The first kappa shape index (κ1) is 13.0. The smallest absolute Gasteiger partial charge is 0.192 e. The van der Waals surface area contributed by atoms with Crippen molar-refractivity contribution in [3.05, 3.63) is 40.1 Å². The SMILES string of the molecule is CCCc1nccn1CC(=O)c1ccc(CC)s1. The minimum absolute atomic E-state index is 0.176. The van der Waals surface area contributed by atoms with Gasteiger partial charge in [0.15, 0.2) is 5.78 Å². The Morgan fingerprint density at radius 2 is 2.22 bits per heavy atom. The summed E-state index contributed by atoms with van der Waals surface area (Å²) in [4.78, 5) is 18.6. The topological polar surface area (TPSA) is 34.9 Å².